The summed E-state index contributed by atoms with van der Waals surface area (Å²) in [5, 5.41) is 10.6. The van der Waals surface area contributed by atoms with Crippen LogP contribution < -0.4 is 10.1 Å². The minimum Gasteiger partial charge on any atom is -0.475 e. The normalized spacial score (nSPS) is 11.9. The minimum absolute atomic E-state index is 0.0667. The zero-order valence-electron chi connectivity index (χ0n) is 8.81. The van der Waals surface area contributed by atoms with Crippen molar-refractivity contribution in [2.75, 3.05) is 6.61 Å². The molecular formula is C10H13FN2O3. The Morgan fingerprint density at radius 2 is 2.50 bits per heavy atom. The molecule has 1 rings (SSSR count). The van der Waals surface area contributed by atoms with Crippen molar-refractivity contribution >= 4 is 6.09 Å². The van der Waals surface area contributed by atoms with Gasteiger partial charge >= 0.3 is 6.09 Å². The Hall–Kier alpha value is -1.85. The zero-order chi connectivity index (χ0) is 12.0. The van der Waals surface area contributed by atoms with Crippen molar-refractivity contribution in [1.29, 1.82) is 0 Å². The average Bonchev–Trinajstić information content (AvgIpc) is 2.24. The summed E-state index contributed by atoms with van der Waals surface area (Å²) in [6.07, 6.45) is -0.684. The number of amides is 1. The zero-order valence-corrected chi connectivity index (χ0v) is 8.81. The Labute approximate surface area is 92.3 Å². The van der Waals surface area contributed by atoms with Gasteiger partial charge in [-0.3, -0.25) is 0 Å². The number of carboxylic acid groups (broad SMARTS) is 1. The van der Waals surface area contributed by atoms with E-state index >= 15 is 0 Å². The fourth-order valence-corrected chi connectivity index (χ4v) is 1.02. The van der Waals surface area contributed by atoms with Crippen LogP contribution in [0, 0.1) is 0 Å². The van der Waals surface area contributed by atoms with Crippen LogP contribution in [0.25, 0.3) is 0 Å². The Morgan fingerprint density at radius 3 is 3.12 bits per heavy atom. The van der Waals surface area contributed by atoms with Crippen LogP contribution in [0.5, 0.6) is 5.88 Å². The highest BCUT2D eigenvalue weighted by Gasteiger charge is 2.03. The van der Waals surface area contributed by atoms with Crippen molar-refractivity contribution < 1.29 is 19.0 Å². The molecule has 1 aromatic rings. The first-order chi connectivity index (χ1) is 7.58. The molecule has 1 heterocycles. The number of carbonyl (C=O) groups is 1. The lowest BCUT2D eigenvalue weighted by Gasteiger charge is -2.07. The van der Waals surface area contributed by atoms with Gasteiger partial charge < -0.3 is 15.2 Å². The van der Waals surface area contributed by atoms with Crippen molar-refractivity contribution in [3.63, 3.8) is 0 Å². The van der Waals surface area contributed by atoms with Crippen LogP contribution in [0.4, 0.5) is 9.18 Å². The number of nitrogens with one attached hydrogen (secondary N) is 1. The molecule has 0 aromatic carbocycles. The quantitative estimate of drug-likeness (QED) is 0.802. The summed E-state index contributed by atoms with van der Waals surface area (Å²) in [6, 6.07) is 3.22. The van der Waals surface area contributed by atoms with Crippen LogP contribution in [0.3, 0.4) is 0 Å². The summed E-state index contributed by atoms with van der Waals surface area (Å²) >= 11 is 0. The molecule has 0 aliphatic rings. The molecule has 88 valence electrons. The predicted octanol–water partition coefficient (Wildman–Crippen LogP) is 1.59. The largest absolute Gasteiger partial charge is 0.475 e. The van der Waals surface area contributed by atoms with E-state index < -0.39 is 12.3 Å². The Bertz CT molecular complexity index is 358. The molecule has 0 radical (unpaired) electrons. The molecule has 5 nitrogen and oxygen atoms in total. The number of alkyl halides is 1. The first-order valence-corrected chi connectivity index (χ1v) is 4.76. The van der Waals surface area contributed by atoms with Gasteiger partial charge in [0.25, 0.3) is 0 Å². The fraction of sp³-hybridized carbons (Fsp3) is 0.400. The number of nitrogens with zero attached hydrogens (tertiary/aromatic N) is 1. The first kappa shape index (κ1) is 12.2. The van der Waals surface area contributed by atoms with Crippen LogP contribution in [-0.2, 0) is 6.54 Å². The third-order valence-corrected chi connectivity index (χ3v) is 1.70. The van der Waals surface area contributed by atoms with E-state index in [2.05, 4.69) is 10.3 Å². The predicted molar refractivity (Wildman–Crippen MR) is 55.2 cm³/mol. The van der Waals surface area contributed by atoms with E-state index in [0.29, 0.717) is 5.56 Å². The monoisotopic (exact) mass is 228 g/mol. The molecule has 0 aliphatic heterocycles. The molecule has 0 bridgehead atoms. The van der Waals surface area contributed by atoms with Crippen molar-refractivity contribution in [3.8, 4) is 5.88 Å². The maximum absolute atomic E-state index is 12.5. The molecule has 6 heteroatoms. The Balaban J connectivity index is 2.53. The van der Waals surface area contributed by atoms with Gasteiger partial charge in [-0.2, -0.15) is 0 Å². The number of rotatable bonds is 5. The summed E-state index contributed by atoms with van der Waals surface area (Å²) in [5.41, 5.74) is 0.707. The second kappa shape index (κ2) is 5.89. The highest BCUT2D eigenvalue weighted by molar-refractivity contribution is 5.64. The fourth-order valence-electron chi connectivity index (χ4n) is 1.02. The molecule has 1 atom stereocenters. The van der Waals surface area contributed by atoms with Gasteiger partial charge in [0, 0.05) is 18.8 Å². The van der Waals surface area contributed by atoms with Gasteiger partial charge in [0.2, 0.25) is 5.88 Å². The first-order valence-electron chi connectivity index (χ1n) is 4.76. The van der Waals surface area contributed by atoms with Gasteiger partial charge in [-0.15, -0.1) is 0 Å². The molecule has 2 N–H and O–H groups in total. The van der Waals surface area contributed by atoms with Gasteiger partial charge in [0.05, 0.1) is 0 Å². The number of aromatic nitrogens is 1. The van der Waals surface area contributed by atoms with Crippen LogP contribution in [0.2, 0.25) is 0 Å². The molecule has 1 amide bonds. The maximum atomic E-state index is 12.5. The molecule has 0 saturated heterocycles. The van der Waals surface area contributed by atoms with Crippen LogP contribution in [-0.4, -0.2) is 29.0 Å². The average molecular weight is 228 g/mol. The lowest BCUT2D eigenvalue weighted by atomic mass is 10.2. The highest BCUT2D eigenvalue weighted by atomic mass is 19.1. The molecule has 1 unspecified atom stereocenters. The molecule has 0 fully saturated rings. The lowest BCUT2D eigenvalue weighted by Crippen LogP contribution is -2.20. The smallest absolute Gasteiger partial charge is 0.404 e. The third-order valence-electron chi connectivity index (χ3n) is 1.70. The molecule has 0 spiro atoms. The van der Waals surface area contributed by atoms with Gasteiger partial charge in [-0.1, -0.05) is 0 Å². The molecular weight excluding hydrogens is 215 g/mol. The second-order valence-corrected chi connectivity index (χ2v) is 3.25. The van der Waals surface area contributed by atoms with Crippen molar-refractivity contribution in [3.05, 3.63) is 23.9 Å². The van der Waals surface area contributed by atoms with Gasteiger partial charge in [-0.25, -0.2) is 14.2 Å². The van der Waals surface area contributed by atoms with E-state index in [4.69, 9.17) is 9.84 Å². The van der Waals surface area contributed by atoms with E-state index in [9.17, 15) is 9.18 Å². The summed E-state index contributed by atoms with van der Waals surface area (Å²) in [6.45, 7) is 1.48. The van der Waals surface area contributed by atoms with Crippen LogP contribution in [0.1, 0.15) is 12.5 Å². The van der Waals surface area contributed by atoms with E-state index in [-0.39, 0.29) is 19.0 Å². The number of hydrogen-bond acceptors (Lipinski definition) is 3. The molecule has 0 saturated carbocycles. The van der Waals surface area contributed by atoms with Crippen molar-refractivity contribution in [2.24, 2.45) is 0 Å². The highest BCUT2D eigenvalue weighted by Crippen LogP contribution is 2.09. The van der Waals surface area contributed by atoms with E-state index in [1.165, 1.54) is 13.1 Å². The van der Waals surface area contributed by atoms with Gasteiger partial charge in [-0.05, 0) is 18.6 Å². The summed E-state index contributed by atoms with van der Waals surface area (Å²) in [4.78, 5) is 14.1. The topological polar surface area (TPSA) is 71.5 Å². The Morgan fingerprint density at radius 1 is 1.75 bits per heavy atom. The lowest BCUT2D eigenvalue weighted by molar-refractivity contribution is 0.193. The standard InChI is InChI=1S/C10H13FN2O3/c1-7(11)6-16-9-4-8(2-3-12-9)5-13-10(14)15/h2-4,7,13H,5-6H2,1H3,(H,14,15). The summed E-state index contributed by atoms with van der Waals surface area (Å²) in [5.74, 6) is 0.286. The van der Waals surface area contributed by atoms with E-state index in [0.717, 1.165) is 0 Å². The molecule has 0 aliphatic carbocycles. The van der Waals surface area contributed by atoms with Crippen LogP contribution in [0.15, 0.2) is 18.3 Å². The molecule has 1 aromatic heterocycles. The van der Waals surface area contributed by atoms with Crippen LogP contribution >= 0.6 is 0 Å². The number of pyridine rings is 1. The van der Waals surface area contributed by atoms with Crippen molar-refractivity contribution in [1.82, 2.24) is 10.3 Å². The molecule has 16 heavy (non-hydrogen) atoms. The third kappa shape index (κ3) is 4.59. The summed E-state index contributed by atoms with van der Waals surface area (Å²) < 4.78 is 17.6. The second-order valence-electron chi connectivity index (χ2n) is 3.25. The maximum Gasteiger partial charge on any atom is 0.404 e. The number of halogens is 1. The minimum atomic E-state index is -1.10. The van der Waals surface area contributed by atoms with Crippen molar-refractivity contribution in [2.45, 2.75) is 19.6 Å². The Kier molecular flexibility index (Phi) is 4.50. The number of ether oxygens (including phenoxy) is 1. The van der Waals surface area contributed by atoms with Gasteiger partial charge in [0.15, 0.2) is 0 Å². The van der Waals surface area contributed by atoms with Gasteiger partial charge in [0.1, 0.15) is 12.8 Å². The number of hydrogen-bond donors (Lipinski definition) is 2. The van der Waals surface area contributed by atoms with E-state index in [1.54, 1.807) is 12.1 Å². The summed E-state index contributed by atoms with van der Waals surface area (Å²) in [7, 11) is 0. The SMILES string of the molecule is CC(F)COc1cc(CNC(=O)O)ccn1. The van der Waals surface area contributed by atoms with E-state index in [1.807, 2.05) is 0 Å².